The van der Waals surface area contributed by atoms with Gasteiger partial charge in [-0.3, -0.25) is 4.79 Å². The summed E-state index contributed by atoms with van der Waals surface area (Å²) in [5.74, 6) is -1.94. The molecule has 0 unspecified atom stereocenters. The zero-order valence-electron chi connectivity index (χ0n) is 10.8. The third kappa shape index (κ3) is 3.88. The average molecular weight is 352 g/mol. The summed E-state index contributed by atoms with van der Waals surface area (Å²) in [5, 5.41) is 0. The number of primary amides is 1. The maximum atomic E-state index is 13.5. The number of hydrogen-bond donors (Lipinski definition) is 1. The minimum absolute atomic E-state index is 0.0240. The number of rotatable bonds is 4. The highest BCUT2D eigenvalue weighted by Crippen LogP contribution is 2.17. The van der Waals surface area contributed by atoms with Gasteiger partial charge in [0.15, 0.2) is 0 Å². The minimum atomic E-state index is -0.757. The van der Waals surface area contributed by atoms with Gasteiger partial charge >= 0.3 is 5.97 Å². The number of hydrogen-bond acceptors (Lipinski definition) is 3. The second-order valence-electron chi connectivity index (χ2n) is 4.26. The van der Waals surface area contributed by atoms with Gasteiger partial charge in [-0.05, 0) is 35.9 Å². The zero-order chi connectivity index (χ0) is 15.4. The number of nitrogens with two attached hydrogens (primary N) is 1. The smallest absolute Gasteiger partial charge is 0.341 e. The van der Waals surface area contributed by atoms with Crippen molar-refractivity contribution in [3.05, 3.63) is 69.4 Å². The molecule has 0 saturated carbocycles. The van der Waals surface area contributed by atoms with Crippen LogP contribution in [0.1, 0.15) is 26.3 Å². The minimum Gasteiger partial charge on any atom is -0.457 e. The van der Waals surface area contributed by atoms with E-state index in [0.717, 1.165) is 0 Å². The van der Waals surface area contributed by atoms with E-state index in [0.29, 0.717) is 15.6 Å². The predicted molar refractivity (Wildman–Crippen MR) is 78.2 cm³/mol. The molecule has 21 heavy (non-hydrogen) atoms. The molecular weight excluding hydrogens is 341 g/mol. The highest BCUT2D eigenvalue weighted by Gasteiger charge is 2.13. The molecule has 0 aliphatic heterocycles. The number of benzene rings is 2. The number of amides is 1. The lowest BCUT2D eigenvalue weighted by Gasteiger charge is -2.06. The van der Waals surface area contributed by atoms with E-state index in [1.54, 1.807) is 12.1 Å². The van der Waals surface area contributed by atoms with Gasteiger partial charge in [0.1, 0.15) is 12.4 Å². The third-order valence-electron chi connectivity index (χ3n) is 2.76. The van der Waals surface area contributed by atoms with Crippen molar-refractivity contribution < 1.29 is 18.7 Å². The first kappa shape index (κ1) is 15.2. The maximum absolute atomic E-state index is 13.5. The number of carbonyl (C=O) groups excluding carboxylic acids is 2. The van der Waals surface area contributed by atoms with Crippen molar-refractivity contribution in [3.63, 3.8) is 0 Å². The molecule has 4 nitrogen and oxygen atoms in total. The zero-order valence-corrected chi connectivity index (χ0v) is 12.4. The maximum Gasteiger partial charge on any atom is 0.341 e. The van der Waals surface area contributed by atoms with E-state index in [-0.39, 0.29) is 12.2 Å². The Morgan fingerprint density at radius 3 is 2.43 bits per heavy atom. The van der Waals surface area contributed by atoms with Gasteiger partial charge in [0.05, 0.1) is 5.56 Å². The Hall–Kier alpha value is -2.21. The van der Waals surface area contributed by atoms with Crippen LogP contribution in [0.2, 0.25) is 0 Å². The molecule has 0 spiro atoms. The van der Waals surface area contributed by atoms with Crippen LogP contribution in [-0.4, -0.2) is 11.9 Å². The summed E-state index contributed by atoms with van der Waals surface area (Å²) in [5.41, 5.74) is 6.02. The largest absolute Gasteiger partial charge is 0.457 e. The fraction of sp³-hybridized carbons (Fsp3) is 0.0667. The fourth-order valence-corrected chi connectivity index (χ4v) is 2.01. The number of carbonyl (C=O) groups is 2. The summed E-state index contributed by atoms with van der Waals surface area (Å²) < 4.78 is 19.1. The second kappa shape index (κ2) is 6.49. The highest BCUT2D eigenvalue weighted by molar-refractivity contribution is 9.10. The van der Waals surface area contributed by atoms with E-state index >= 15 is 0 Å². The van der Waals surface area contributed by atoms with Gasteiger partial charge in [-0.1, -0.05) is 28.1 Å². The molecule has 0 fully saturated rings. The van der Waals surface area contributed by atoms with Crippen LogP contribution in [0.15, 0.2) is 46.9 Å². The number of ether oxygens (including phenoxy) is 1. The van der Waals surface area contributed by atoms with E-state index in [1.807, 2.05) is 0 Å². The van der Waals surface area contributed by atoms with Gasteiger partial charge in [0, 0.05) is 10.0 Å². The van der Waals surface area contributed by atoms with Gasteiger partial charge in [-0.15, -0.1) is 0 Å². The molecule has 0 saturated heterocycles. The first-order valence-electron chi connectivity index (χ1n) is 5.98. The molecule has 2 rings (SSSR count). The molecule has 2 N–H and O–H groups in total. The van der Waals surface area contributed by atoms with Crippen LogP contribution in [0.5, 0.6) is 0 Å². The second-order valence-corrected chi connectivity index (χ2v) is 5.18. The Morgan fingerprint density at radius 2 is 1.81 bits per heavy atom. The molecule has 2 aromatic carbocycles. The Morgan fingerprint density at radius 1 is 1.14 bits per heavy atom. The summed E-state index contributed by atoms with van der Waals surface area (Å²) in [6.45, 7) is -0.0240. The Labute approximate surface area is 128 Å². The molecule has 0 aromatic heterocycles. The lowest BCUT2D eigenvalue weighted by atomic mass is 10.1. The van der Waals surface area contributed by atoms with Crippen molar-refractivity contribution in [2.75, 3.05) is 0 Å². The molecule has 0 bridgehead atoms. The average Bonchev–Trinajstić information content (AvgIpc) is 2.47. The Balaban J connectivity index is 2.04. The quantitative estimate of drug-likeness (QED) is 0.860. The van der Waals surface area contributed by atoms with Crippen LogP contribution >= 0.6 is 15.9 Å². The van der Waals surface area contributed by atoms with Gasteiger partial charge in [-0.25, -0.2) is 9.18 Å². The summed E-state index contributed by atoms with van der Waals surface area (Å²) in [6, 6.07) is 10.3. The summed E-state index contributed by atoms with van der Waals surface area (Å²) in [6.07, 6.45) is 0. The molecular formula is C15H11BrFNO3. The van der Waals surface area contributed by atoms with E-state index in [2.05, 4.69) is 15.9 Å². The lowest BCUT2D eigenvalue weighted by Crippen LogP contribution is -2.11. The number of esters is 1. The van der Waals surface area contributed by atoms with Crippen LogP contribution < -0.4 is 5.73 Å². The highest BCUT2D eigenvalue weighted by atomic mass is 79.9. The van der Waals surface area contributed by atoms with E-state index < -0.39 is 17.7 Å². The van der Waals surface area contributed by atoms with E-state index in [9.17, 15) is 14.0 Å². The molecule has 0 atom stereocenters. The predicted octanol–water partition coefficient (Wildman–Crippen LogP) is 3.04. The van der Waals surface area contributed by atoms with Crippen molar-refractivity contribution in [3.8, 4) is 0 Å². The van der Waals surface area contributed by atoms with Gasteiger partial charge in [0.2, 0.25) is 5.91 Å². The van der Waals surface area contributed by atoms with Crippen molar-refractivity contribution >= 4 is 27.8 Å². The van der Waals surface area contributed by atoms with Gasteiger partial charge in [0.25, 0.3) is 0 Å². The molecule has 0 aliphatic rings. The molecule has 1 amide bonds. The molecule has 0 radical (unpaired) electrons. The van der Waals surface area contributed by atoms with Crippen LogP contribution in [0.25, 0.3) is 0 Å². The van der Waals surface area contributed by atoms with Crippen molar-refractivity contribution in [1.82, 2.24) is 0 Å². The van der Waals surface area contributed by atoms with Gasteiger partial charge < -0.3 is 10.5 Å². The van der Waals surface area contributed by atoms with Crippen LogP contribution in [0.4, 0.5) is 4.39 Å². The third-order valence-corrected chi connectivity index (χ3v) is 3.25. The lowest BCUT2D eigenvalue weighted by molar-refractivity contribution is 0.0467. The van der Waals surface area contributed by atoms with Crippen LogP contribution in [0, 0.1) is 5.82 Å². The monoisotopic (exact) mass is 351 g/mol. The van der Waals surface area contributed by atoms with Gasteiger partial charge in [-0.2, -0.15) is 0 Å². The first-order valence-corrected chi connectivity index (χ1v) is 6.77. The van der Waals surface area contributed by atoms with E-state index in [1.165, 1.54) is 30.3 Å². The molecule has 2 aromatic rings. The standard InChI is InChI=1S/C15H11BrFNO3/c16-11-5-6-13(17)12(7-11)15(20)21-8-9-1-3-10(4-2-9)14(18)19/h1-7H,8H2,(H2,18,19). The van der Waals surface area contributed by atoms with Crippen LogP contribution in [-0.2, 0) is 11.3 Å². The van der Waals surface area contributed by atoms with Crippen molar-refractivity contribution in [2.24, 2.45) is 5.73 Å². The summed E-state index contributed by atoms with van der Waals surface area (Å²) in [7, 11) is 0. The summed E-state index contributed by atoms with van der Waals surface area (Å²) in [4.78, 5) is 22.7. The first-order chi connectivity index (χ1) is 9.97. The Kier molecular flexibility index (Phi) is 4.70. The molecule has 0 heterocycles. The van der Waals surface area contributed by atoms with E-state index in [4.69, 9.17) is 10.5 Å². The van der Waals surface area contributed by atoms with Crippen molar-refractivity contribution in [1.29, 1.82) is 0 Å². The molecule has 0 aliphatic carbocycles. The fourth-order valence-electron chi connectivity index (χ4n) is 1.65. The SMILES string of the molecule is NC(=O)c1ccc(COC(=O)c2cc(Br)ccc2F)cc1. The normalized spacial score (nSPS) is 10.2. The summed E-state index contributed by atoms with van der Waals surface area (Å²) >= 11 is 3.16. The molecule has 108 valence electrons. The topological polar surface area (TPSA) is 69.4 Å². The number of halogens is 2. The van der Waals surface area contributed by atoms with Crippen molar-refractivity contribution in [2.45, 2.75) is 6.61 Å². The van der Waals surface area contributed by atoms with Crippen LogP contribution in [0.3, 0.4) is 0 Å². The molecule has 6 heteroatoms. The Bertz CT molecular complexity index is 686.